The first-order valence-electron chi connectivity index (χ1n) is 9.87. The molecule has 0 aliphatic rings. The molecular formula is C22H26F3N3O4. The highest BCUT2D eigenvalue weighted by Gasteiger charge is 2.31. The van der Waals surface area contributed by atoms with Crippen molar-refractivity contribution >= 4 is 11.8 Å². The Morgan fingerprint density at radius 3 is 2.00 bits per heavy atom. The van der Waals surface area contributed by atoms with Crippen LogP contribution in [0.3, 0.4) is 0 Å². The summed E-state index contributed by atoms with van der Waals surface area (Å²) in [6.45, 7) is 8.95. The van der Waals surface area contributed by atoms with E-state index < -0.39 is 29.1 Å². The largest absolute Gasteiger partial charge is 0.573 e. The minimum atomic E-state index is -4.80. The summed E-state index contributed by atoms with van der Waals surface area (Å²) in [7, 11) is 0. The lowest BCUT2D eigenvalue weighted by atomic mass is 10.1. The van der Waals surface area contributed by atoms with Gasteiger partial charge in [0.1, 0.15) is 16.9 Å². The minimum Gasteiger partial charge on any atom is -0.406 e. The fraction of sp³-hybridized carbons (Fsp3) is 0.409. The van der Waals surface area contributed by atoms with Crippen LogP contribution in [0, 0.1) is 0 Å². The van der Waals surface area contributed by atoms with Gasteiger partial charge < -0.3 is 19.9 Å². The molecule has 1 aromatic carbocycles. The first-order chi connectivity index (χ1) is 14.7. The molecule has 0 aliphatic heterocycles. The molecule has 0 spiro atoms. The topological polar surface area (TPSA) is 89.4 Å². The molecule has 0 saturated carbocycles. The van der Waals surface area contributed by atoms with Crippen LogP contribution in [0.25, 0.3) is 0 Å². The summed E-state index contributed by atoms with van der Waals surface area (Å²) in [5.41, 5.74) is -1.16. The van der Waals surface area contributed by atoms with Gasteiger partial charge >= 0.3 is 6.36 Å². The third-order valence-electron chi connectivity index (χ3n) is 4.23. The Morgan fingerprint density at radius 2 is 1.53 bits per heavy atom. The van der Waals surface area contributed by atoms with Crippen molar-refractivity contribution < 1.29 is 27.5 Å². The molecule has 0 radical (unpaired) electrons. The number of halogens is 3. The van der Waals surface area contributed by atoms with Crippen LogP contribution in [-0.4, -0.2) is 28.3 Å². The summed E-state index contributed by atoms with van der Waals surface area (Å²) in [5.74, 6) is -1.68. The number of ether oxygens (including phenoxy) is 1. The van der Waals surface area contributed by atoms with Crippen LogP contribution in [0.2, 0.25) is 0 Å². The van der Waals surface area contributed by atoms with Crippen LogP contribution >= 0.6 is 0 Å². The molecule has 0 atom stereocenters. The number of nitrogens with zero attached hydrogens (tertiary/aromatic N) is 1. The first-order valence-corrected chi connectivity index (χ1v) is 9.87. The monoisotopic (exact) mass is 453 g/mol. The molecule has 174 valence electrons. The molecule has 1 heterocycles. The Labute approximate surface area is 183 Å². The van der Waals surface area contributed by atoms with Gasteiger partial charge in [0, 0.05) is 30.5 Å². The van der Waals surface area contributed by atoms with Gasteiger partial charge in [-0.25, -0.2) is 0 Å². The number of hydrogen-bond donors (Lipinski definition) is 2. The number of nitrogens with one attached hydrogen (secondary N) is 2. The third-order valence-corrected chi connectivity index (χ3v) is 4.23. The van der Waals surface area contributed by atoms with Crippen molar-refractivity contribution in [2.45, 2.75) is 59.1 Å². The van der Waals surface area contributed by atoms with E-state index in [0.717, 1.165) is 12.1 Å². The summed E-state index contributed by atoms with van der Waals surface area (Å²) in [5, 5.41) is 5.27. The number of rotatable bonds is 6. The zero-order valence-corrected chi connectivity index (χ0v) is 18.5. The number of aromatic nitrogens is 1. The lowest BCUT2D eigenvalue weighted by Gasteiger charge is -2.21. The molecule has 10 heteroatoms. The van der Waals surface area contributed by atoms with E-state index in [0.29, 0.717) is 5.56 Å². The normalized spacial score (nSPS) is 11.9. The predicted octanol–water partition coefficient (Wildman–Crippen LogP) is 3.79. The molecule has 2 amide bonds. The number of amides is 2. The van der Waals surface area contributed by atoms with Crippen molar-refractivity contribution in [1.29, 1.82) is 0 Å². The van der Waals surface area contributed by atoms with E-state index in [9.17, 15) is 27.6 Å². The maximum Gasteiger partial charge on any atom is 0.573 e. The van der Waals surface area contributed by atoms with E-state index in [1.54, 1.807) is 25.3 Å². The van der Waals surface area contributed by atoms with E-state index in [1.807, 2.05) is 13.8 Å². The molecule has 0 saturated heterocycles. The second-order valence-corrected chi connectivity index (χ2v) is 8.53. The number of carbonyl (C=O) groups is 2. The van der Waals surface area contributed by atoms with Crippen molar-refractivity contribution in [1.82, 2.24) is 15.2 Å². The molecule has 7 nitrogen and oxygen atoms in total. The Kier molecular flexibility index (Phi) is 7.38. The Bertz CT molecular complexity index is 1040. The molecule has 0 aliphatic carbocycles. The van der Waals surface area contributed by atoms with Gasteiger partial charge in [0.15, 0.2) is 0 Å². The van der Waals surface area contributed by atoms with E-state index in [4.69, 9.17) is 0 Å². The summed E-state index contributed by atoms with van der Waals surface area (Å²) in [6, 6.07) is 4.85. The van der Waals surface area contributed by atoms with Crippen LogP contribution in [0.5, 0.6) is 5.75 Å². The van der Waals surface area contributed by atoms with Gasteiger partial charge in [-0.3, -0.25) is 14.4 Å². The number of pyridine rings is 1. The van der Waals surface area contributed by atoms with Crippen molar-refractivity contribution in [3.63, 3.8) is 0 Å². The zero-order chi connectivity index (χ0) is 24.3. The second kappa shape index (κ2) is 9.46. The molecule has 2 aromatic rings. The minimum absolute atomic E-state index is 0.0370. The van der Waals surface area contributed by atoms with Crippen molar-refractivity contribution in [3.05, 3.63) is 63.6 Å². The van der Waals surface area contributed by atoms with Crippen LogP contribution in [0.15, 0.2) is 41.5 Å². The maximum atomic E-state index is 12.8. The average Bonchev–Trinajstić information content (AvgIpc) is 2.64. The summed E-state index contributed by atoms with van der Waals surface area (Å²) >= 11 is 0. The van der Waals surface area contributed by atoms with Gasteiger partial charge in [-0.1, -0.05) is 12.1 Å². The molecule has 2 N–H and O–H groups in total. The Morgan fingerprint density at radius 1 is 1.00 bits per heavy atom. The average molecular weight is 453 g/mol. The highest BCUT2D eigenvalue weighted by atomic mass is 19.4. The summed E-state index contributed by atoms with van der Waals surface area (Å²) in [4.78, 5) is 38.1. The van der Waals surface area contributed by atoms with Gasteiger partial charge in [0.25, 0.3) is 11.8 Å². The highest BCUT2D eigenvalue weighted by molar-refractivity contribution is 5.99. The molecule has 2 rings (SSSR count). The van der Waals surface area contributed by atoms with E-state index >= 15 is 0 Å². The fourth-order valence-electron chi connectivity index (χ4n) is 2.71. The van der Waals surface area contributed by atoms with Crippen LogP contribution in [0.1, 0.15) is 66.9 Å². The zero-order valence-electron chi connectivity index (χ0n) is 18.5. The standard InChI is InChI=1S/C22H26F3N3O4/c1-13(2)28-11-16(18(29)17(12-28)20(31)27-21(3,4)5)19(30)26-10-14-6-8-15(9-7-14)32-22(23,24)25/h6-9,11-13H,10H2,1-5H3,(H,26,30)(H,27,31). The SMILES string of the molecule is CC(C)n1cc(C(=O)NCc2ccc(OC(F)(F)F)cc2)c(=O)c(C(=O)NC(C)(C)C)c1. The van der Waals surface area contributed by atoms with E-state index in [2.05, 4.69) is 15.4 Å². The number of carbonyl (C=O) groups excluding carboxylic acids is 2. The van der Waals surface area contributed by atoms with Gasteiger partial charge in [-0.15, -0.1) is 13.2 Å². The van der Waals surface area contributed by atoms with Crippen molar-refractivity contribution in [2.24, 2.45) is 0 Å². The highest BCUT2D eigenvalue weighted by Crippen LogP contribution is 2.22. The lowest BCUT2D eigenvalue weighted by Crippen LogP contribution is -2.43. The van der Waals surface area contributed by atoms with Crippen LogP contribution in [0.4, 0.5) is 13.2 Å². The van der Waals surface area contributed by atoms with Crippen molar-refractivity contribution in [2.75, 3.05) is 0 Å². The number of hydrogen-bond acceptors (Lipinski definition) is 4. The molecular weight excluding hydrogens is 427 g/mol. The lowest BCUT2D eigenvalue weighted by molar-refractivity contribution is -0.274. The van der Waals surface area contributed by atoms with Gasteiger partial charge in [-0.05, 0) is 52.3 Å². The molecule has 0 bridgehead atoms. The van der Waals surface area contributed by atoms with Gasteiger partial charge in [0.05, 0.1) is 0 Å². The van der Waals surface area contributed by atoms with Gasteiger partial charge in [0.2, 0.25) is 5.43 Å². The molecule has 1 aromatic heterocycles. The number of alkyl halides is 3. The molecule has 32 heavy (non-hydrogen) atoms. The Hall–Kier alpha value is -3.30. The summed E-state index contributed by atoms with van der Waals surface area (Å²) in [6.07, 6.45) is -2.02. The van der Waals surface area contributed by atoms with Crippen LogP contribution < -0.4 is 20.8 Å². The van der Waals surface area contributed by atoms with E-state index in [-0.39, 0.29) is 29.5 Å². The third kappa shape index (κ3) is 7.14. The fourth-order valence-corrected chi connectivity index (χ4v) is 2.71. The van der Waals surface area contributed by atoms with Gasteiger partial charge in [-0.2, -0.15) is 0 Å². The van der Waals surface area contributed by atoms with E-state index in [1.165, 1.54) is 24.5 Å². The second-order valence-electron chi connectivity index (χ2n) is 8.53. The van der Waals surface area contributed by atoms with Crippen LogP contribution in [-0.2, 0) is 6.54 Å². The summed E-state index contributed by atoms with van der Waals surface area (Å²) < 4.78 is 42.2. The van der Waals surface area contributed by atoms with Crippen molar-refractivity contribution in [3.8, 4) is 5.75 Å². The molecule has 0 unspecified atom stereocenters. The maximum absolute atomic E-state index is 12.8. The molecule has 0 fully saturated rings. The Balaban J connectivity index is 2.23. The smallest absolute Gasteiger partial charge is 0.406 e. The number of benzene rings is 1. The first kappa shape index (κ1) is 25.0. The predicted molar refractivity (Wildman–Crippen MR) is 113 cm³/mol. The quantitative estimate of drug-likeness (QED) is 0.697.